The van der Waals surface area contributed by atoms with E-state index in [0.29, 0.717) is 6.42 Å². The number of carbonyl (C=O) groups excluding carboxylic acids is 2. The van der Waals surface area contributed by atoms with Crippen molar-refractivity contribution in [1.82, 2.24) is 4.90 Å². The summed E-state index contributed by atoms with van der Waals surface area (Å²) in [5.74, 6) is 0.0886. The van der Waals surface area contributed by atoms with Crippen LogP contribution in [0, 0.1) is 5.92 Å². The molecule has 1 saturated heterocycles. The molecule has 2 unspecified atom stereocenters. The van der Waals surface area contributed by atoms with Crippen LogP contribution in [0.25, 0.3) is 0 Å². The summed E-state index contributed by atoms with van der Waals surface area (Å²) in [6.07, 6.45) is 1.30. The number of imide groups is 1. The van der Waals surface area contributed by atoms with E-state index >= 15 is 0 Å². The highest BCUT2D eigenvalue weighted by Crippen LogP contribution is 2.23. The number of rotatable bonds is 2. The zero-order valence-corrected chi connectivity index (χ0v) is 10.4. The van der Waals surface area contributed by atoms with Gasteiger partial charge >= 0.3 is 0 Å². The maximum Gasteiger partial charge on any atom is 0.243 e. The molecule has 0 spiro atoms. The minimum Gasteiger partial charge on any atom is -0.279 e. The number of carbonyl (C=O) groups is 2. The van der Waals surface area contributed by atoms with Gasteiger partial charge < -0.3 is 0 Å². The Bertz CT molecular complexity index is 253. The lowest BCUT2D eigenvalue weighted by atomic mass is 10.1. The van der Waals surface area contributed by atoms with Gasteiger partial charge in [0.2, 0.25) is 11.8 Å². The van der Waals surface area contributed by atoms with Crippen LogP contribution in [0.3, 0.4) is 0 Å². The predicted octanol–water partition coefficient (Wildman–Crippen LogP) is 1.94. The molecule has 0 N–H and O–H groups in total. The number of hydrogen-bond acceptors (Lipinski definition) is 2. The van der Waals surface area contributed by atoms with Crippen LogP contribution < -0.4 is 0 Å². The van der Waals surface area contributed by atoms with Crippen LogP contribution in [0.1, 0.15) is 33.6 Å². The first-order chi connectivity index (χ1) is 6.45. The average Bonchev–Trinajstić information content (AvgIpc) is 2.44. The number of halogens is 1. The Labute approximate surface area is 93.0 Å². The van der Waals surface area contributed by atoms with E-state index in [1.165, 1.54) is 4.90 Å². The van der Waals surface area contributed by atoms with Crippen LogP contribution in [0.5, 0.6) is 0 Å². The summed E-state index contributed by atoms with van der Waals surface area (Å²) in [5, 5.41) is 0. The first-order valence-electron chi connectivity index (χ1n) is 4.95. The fraction of sp³-hybridized carbons (Fsp3) is 0.800. The van der Waals surface area contributed by atoms with Gasteiger partial charge in [-0.05, 0) is 19.3 Å². The average molecular weight is 262 g/mol. The van der Waals surface area contributed by atoms with Gasteiger partial charge in [-0.15, -0.1) is 0 Å². The minimum absolute atomic E-state index is 0.0346. The van der Waals surface area contributed by atoms with E-state index in [9.17, 15) is 9.59 Å². The summed E-state index contributed by atoms with van der Waals surface area (Å²) in [7, 11) is 0. The first kappa shape index (κ1) is 11.7. The lowest BCUT2D eigenvalue weighted by molar-refractivity contribution is -0.143. The number of nitrogens with zero attached hydrogens (tertiary/aromatic N) is 1. The van der Waals surface area contributed by atoms with Crippen LogP contribution in [0.4, 0.5) is 0 Å². The molecule has 0 radical (unpaired) electrons. The van der Waals surface area contributed by atoms with Gasteiger partial charge in [0.25, 0.3) is 0 Å². The zero-order chi connectivity index (χ0) is 10.9. The topological polar surface area (TPSA) is 37.4 Å². The second-order valence-corrected chi connectivity index (χ2v) is 5.12. The lowest BCUT2D eigenvalue weighted by Gasteiger charge is -2.24. The molecular formula is C10H16BrNO2. The van der Waals surface area contributed by atoms with Gasteiger partial charge in [-0.25, -0.2) is 0 Å². The second-order valence-electron chi connectivity index (χ2n) is 4.14. The van der Waals surface area contributed by atoms with E-state index in [4.69, 9.17) is 0 Å². The van der Waals surface area contributed by atoms with Crippen LogP contribution in [-0.4, -0.2) is 27.6 Å². The fourth-order valence-electron chi connectivity index (χ4n) is 1.59. The normalized spacial score (nSPS) is 24.5. The lowest BCUT2D eigenvalue weighted by Crippen LogP contribution is -2.43. The van der Waals surface area contributed by atoms with Crippen LogP contribution in [0.2, 0.25) is 0 Å². The Kier molecular flexibility index (Phi) is 3.70. The standard InChI is InChI=1S/C10H16BrNO2/c1-6(2)9(11)10(14)12-7(3)4-5-8(12)13/h6-7,9H,4-5H2,1-3H3. The van der Waals surface area contributed by atoms with Crippen molar-refractivity contribution in [3.05, 3.63) is 0 Å². The smallest absolute Gasteiger partial charge is 0.243 e. The summed E-state index contributed by atoms with van der Waals surface area (Å²) >= 11 is 3.33. The third-order valence-corrected chi connectivity index (χ3v) is 3.99. The zero-order valence-electron chi connectivity index (χ0n) is 8.79. The summed E-state index contributed by atoms with van der Waals surface area (Å²) in [4.78, 5) is 24.5. The number of likely N-dealkylation sites (tertiary alicyclic amines) is 1. The van der Waals surface area contributed by atoms with Gasteiger partial charge in [0, 0.05) is 12.5 Å². The second kappa shape index (κ2) is 4.43. The van der Waals surface area contributed by atoms with E-state index in [1.807, 2.05) is 20.8 Å². The summed E-state index contributed by atoms with van der Waals surface area (Å²) in [6, 6.07) is 0.0637. The van der Waals surface area contributed by atoms with E-state index in [1.54, 1.807) is 0 Å². The van der Waals surface area contributed by atoms with Crippen molar-refractivity contribution in [2.24, 2.45) is 5.92 Å². The molecule has 4 heteroatoms. The molecule has 1 heterocycles. The molecule has 1 aliphatic rings. The molecule has 0 aromatic carbocycles. The van der Waals surface area contributed by atoms with Crippen molar-refractivity contribution in [3.63, 3.8) is 0 Å². The van der Waals surface area contributed by atoms with Crippen molar-refractivity contribution in [2.45, 2.75) is 44.5 Å². The van der Waals surface area contributed by atoms with Gasteiger partial charge in [0.15, 0.2) is 0 Å². The van der Waals surface area contributed by atoms with Gasteiger partial charge in [0.05, 0.1) is 4.83 Å². The highest BCUT2D eigenvalue weighted by Gasteiger charge is 2.36. The third-order valence-electron chi connectivity index (χ3n) is 2.54. The maximum absolute atomic E-state index is 11.9. The third kappa shape index (κ3) is 2.16. The van der Waals surface area contributed by atoms with Crippen molar-refractivity contribution in [1.29, 1.82) is 0 Å². The van der Waals surface area contributed by atoms with Crippen molar-refractivity contribution in [3.8, 4) is 0 Å². The van der Waals surface area contributed by atoms with Crippen molar-refractivity contribution < 1.29 is 9.59 Å². The number of alkyl halides is 1. The van der Waals surface area contributed by atoms with Crippen LogP contribution >= 0.6 is 15.9 Å². The van der Waals surface area contributed by atoms with E-state index in [2.05, 4.69) is 15.9 Å². The molecule has 2 amide bonds. The molecule has 0 aliphatic carbocycles. The SMILES string of the molecule is CC(C)C(Br)C(=O)N1C(=O)CCC1C. The molecule has 80 valence electrons. The molecule has 1 fully saturated rings. The van der Waals surface area contributed by atoms with Crippen molar-refractivity contribution >= 4 is 27.7 Å². The molecule has 14 heavy (non-hydrogen) atoms. The van der Waals surface area contributed by atoms with Crippen molar-refractivity contribution in [2.75, 3.05) is 0 Å². The summed E-state index contributed by atoms with van der Waals surface area (Å²) < 4.78 is 0. The molecule has 1 rings (SSSR count). The summed E-state index contributed by atoms with van der Waals surface area (Å²) in [5.41, 5.74) is 0. The van der Waals surface area contributed by atoms with Gasteiger partial charge in [-0.2, -0.15) is 0 Å². The fourth-order valence-corrected chi connectivity index (χ4v) is 1.81. The molecule has 0 bridgehead atoms. The van der Waals surface area contributed by atoms with Crippen LogP contribution in [-0.2, 0) is 9.59 Å². The largest absolute Gasteiger partial charge is 0.279 e. The number of amides is 2. The molecular weight excluding hydrogens is 246 g/mol. The quantitative estimate of drug-likeness (QED) is 0.713. The Balaban J connectivity index is 2.73. The van der Waals surface area contributed by atoms with Crippen LogP contribution in [0.15, 0.2) is 0 Å². The Morgan fingerprint density at radius 2 is 2.14 bits per heavy atom. The first-order valence-corrected chi connectivity index (χ1v) is 5.86. The van der Waals surface area contributed by atoms with E-state index in [0.717, 1.165) is 6.42 Å². The molecule has 0 aromatic heterocycles. The molecule has 0 aromatic rings. The molecule has 3 nitrogen and oxygen atoms in total. The highest BCUT2D eigenvalue weighted by atomic mass is 79.9. The van der Waals surface area contributed by atoms with Gasteiger partial charge in [0.1, 0.15) is 0 Å². The van der Waals surface area contributed by atoms with E-state index in [-0.39, 0.29) is 28.6 Å². The predicted molar refractivity (Wildman–Crippen MR) is 58.1 cm³/mol. The molecule has 0 saturated carbocycles. The number of hydrogen-bond donors (Lipinski definition) is 0. The Morgan fingerprint density at radius 1 is 1.57 bits per heavy atom. The highest BCUT2D eigenvalue weighted by molar-refractivity contribution is 9.10. The maximum atomic E-state index is 11.9. The summed E-state index contributed by atoms with van der Waals surface area (Å²) in [6.45, 7) is 5.84. The molecule has 1 aliphatic heterocycles. The molecule has 2 atom stereocenters. The van der Waals surface area contributed by atoms with Gasteiger partial charge in [-0.1, -0.05) is 29.8 Å². The van der Waals surface area contributed by atoms with E-state index < -0.39 is 0 Å². The Hall–Kier alpha value is -0.380. The Morgan fingerprint density at radius 3 is 2.50 bits per heavy atom. The minimum atomic E-state index is -0.244. The van der Waals surface area contributed by atoms with Gasteiger partial charge in [-0.3, -0.25) is 14.5 Å². The monoisotopic (exact) mass is 261 g/mol.